The maximum atomic E-state index is 13.8. The summed E-state index contributed by atoms with van der Waals surface area (Å²) >= 11 is 3.15. The number of halogens is 2. The Kier molecular flexibility index (Phi) is 4.74. The second-order valence-corrected chi connectivity index (χ2v) is 4.93. The van der Waals surface area contributed by atoms with Crippen LogP contribution in [0.1, 0.15) is 17.3 Å². The normalized spacial score (nSPS) is 10.2. The minimum atomic E-state index is -0.634. The van der Waals surface area contributed by atoms with Gasteiger partial charge in [-0.05, 0) is 31.2 Å². The number of anilines is 1. The van der Waals surface area contributed by atoms with Crippen molar-refractivity contribution in [3.63, 3.8) is 0 Å². The number of carbonyl (C=O) groups is 1. The van der Waals surface area contributed by atoms with Crippen LogP contribution in [0.15, 0.2) is 34.9 Å². The molecule has 2 rings (SSSR count). The van der Waals surface area contributed by atoms with Crippen molar-refractivity contribution in [3.05, 3.63) is 46.3 Å². The highest BCUT2D eigenvalue weighted by atomic mass is 79.9. The van der Waals surface area contributed by atoms with Gasteiger partial charge in [-0.15, -0.1) is 0 Å². The van der Waals surface area contributed by atoms with Crippen molar-refractivity contribution in [2.45, 2.75) is 6.92 Å². The largest absolute Gasteiger partial charge is 0.462 e. The number of benzene rings is 1. The van der Waals surface area contributed by atoms with E-state index in [1.54, 1.807) is 13.0 Å². The predicted octanol–water partition coefficient (Wildman–Crippen LogP) is 3.53. The van der Waals surface area contributed by atoms with Crippen molar-refractivity contribution in [3.8, 4) is 11.6 Å². The van der Waals surface area contributed by atoms with Gasteiger partial charge < -0.3 is 15.2 Å². The van der Waals surface area contributed by atoms with Gasteiger partial charge in [-0.25, -0.2) is 14.2 Å². The van der Waals surface area contributed by atoms with Crippen LogP contribution in [0.4, 0.5) is 10.1 Å². The lowest BCUT2D eigenvalue weighted by Crippen LogP contribution is -2.08. The van der Waals surface area contributed by atoms with Crippen LogP contribution in [-0.4, -0.2) is 17.6 Å². The van der Waals surface area contributed by atoms with Gasteiger partial charge in [0, 0.05) is 4.47 Å². The van der Waals surface area contributed by atoms with Crippen LogP contribution in [0.2, 0.25) is 0 Å². The van der Waals surface area contributed by atoms with Crippen molar-refractivity contribution in [1.29, 1.82) is 0 Å². The van der Waals surface area contributed by atoms with Crippen molar-refractivity contribution < 1.29 is 18.7 Å². The fraction of sp³-hybridized carbons (Fsp3) is 0.143. The predicted molar refractivity (Wildman–Crippen MR) is 78.8 cm³/mol. The summed E-state index contributed by atoms with van der Waals surface area (Å²) in [6, 6.07) is 5.65. The first-order valence-electron chi connectivity index (χ1n) is 6.06. The molecule has 0 bridgehead atoms. The van der Waals surface area contributed by atoms with Gasteiger partial charge in [-0.3, -0.25) is 0 Å². The molecule has 0 radical (unpaired) electrons. The van der Waals surface area contributed by atoms with Crippen molar-refractivity contribution in [2.24, 2.45) is 0 Å². The van der Waals surface area contributed by atoms with Gasteiger partial charge in [-0.1, -0.05) is 15.9 Å². The molecular formula is C14H12BrFN2O3. The minimum Gasteiger partial charge on any atom is -0.462 e. The monoisotopic (exact) mass is 354 g/mol. The molecule has 1 heterocycles. The van der Waals surface area contributed by atoms with E-state index < -0.39 is 11.8 Å². The van der Waals surface area contributed by atoms with E-state index in [0.717, 1.165) is 0 Å². The average molecular weight is 355 g/mol. The molecule has 2 aromatic rings. The number of rotatable bonds is 4. The number of nitrogen functional groups attached to an aromatic ring is 1. The topological polar surface area (TPSA) is 74.4 Å². The summed E-state index contributed by atoms with van der Waals surface area (Å²) in [6.45, 7) is 1.87. The number of hydrogen-bond donors (Lipinski definition) is 1. The molecule has 0 amide bonds. The molecule has 0 unspecified atom stereocenters. The molecule has 0 spiro atoms. The average Bonchev–Trinajstić information content (AvgIpc) is 2.43. The summed E-state index contributed by atoms with van der Waals surface area (Å²) in [5.74, 6) is -1.34. The molecule has 0 saturated carbocycles. The molecule has 1 aromatic carbocycles. The van der Waals surface area contributed by atoms with E-state index >= 15 is 0 Å². The summed E-state index contributed by atoms with van der Waals surface area (Å²) in [5, 5.41) is 0. The quantitative estimate of drug-likeness (QED) is 0.850. The first kappa shape index (κ1) is 15.2. The third kappa shape index (κ3) is 3.69. The zero-order valence-electron chi connectivity index (χ0n) is 11.1. The summed E-state index contributed by atoms with van der Waals surface area (Å²) in [5.41, 5.74) is 5.92. The van der Waals surface area contributed by atoms with Crippen molar-refractivity contribution >= 4 is 27.6 Å². The maximum Gasteiger partial charge on any atom is 0.343 e. The van der Waals surface area contributed by atoms with E-state index in [1.165, 1.54) is 24.4 Å². The van der Waals surface area contributed by atoms with E-state index in [4.69, 9.17) is 15.2 Å². The van der Waals surface area contributed by atoms with Crippen molar-refractivity contribution in [1.82, 2.24) is 4.98 Å². The van der Waals surface area contributed by atoms with Gasteiger partial charge in [0.2, 0.25) is 5.88 Å². The van der Waals surface area contributed by atoms with Gasteiger partial charge >= 0.3 is 5.97 Å². The molecule has 0 aliphatic heterocycles. The Morgan fingerprint density at radius 2 is 2.19 bits per heavy atom. The Labute approximate surface area is 129 Å². The molecule has 21 heavy (non-hydrogen) atoms. The summed E-state index contributed by atoms with van der Waals surface area (Å²) < 4.78 is 24.6. The lowest BCUT2D eigenvalue weighted by atomic mass is 10.2. The van der Waals surface area contributed by atoms with Crippen LogP contribution in [0.5, 0.6) is 11.6 Å². The Hall–Kier alpha value is -2.15. The first-order chi connectivity index (χ1) is 10.0. The van der Waals surface area contributed by atoms with Gasteiger partial charge in [-0.2, -0.15) is 0 Å². The first-order valence-corrected chi connectivity index (χ1v) is 6.86. The minimum absolute atomic E-state index is 0.0409. The van der Waals surface area contributed by atoms with Crippen LogP contribution >= 0.6 is 15.9 Å². The van der Waals surface area contributed by atoms with E-state index in [2.05, 4.69) is 20.9 Å². The van der Waals surface area contributed by atoms with Crippen LogP contribution in [0.25, 0.3) is 0 Å². The lowest BCUT2D eigenvalue weighted by Gasteiger charge is -2.10. The molecule has 110 valence electrons. The Morgan fingerprint density at radius 1 is 1.43 bits per heavy atom. The molecule has 1 aromatic heterocycles. The highest BCUT2D eigenvalue weighted by molar-refractivity contribution is 9.10. The van der Waals surface area contributed by atoms with E-state index in [9.17, 15) is 9.18 Å². The van der Waals surface area contributed by atoms with Gasteiger partial charge in [0.25, 0.3) is 0 Å². The zero-order valence-corrected chi connectivity index (χ0v) is 12.7. The molecule has 0 fully saturated rings. The van der Waals surface area contributed by atoms with Gasteiger partial charge in [0.1, 0.15) is 5.56 Å². The van der Waals surface area contributed by atoms with Crippen LogP contribution < -0.4 is 10.5 Å². The number of nitrogens with two attached hydrogens (primary N) is 1. The molecule has 2 N–H and O–H groups in total. The fourth-order valence-corrected chi connectivity index (χ4v) is 1.90. The van der Waals surface area contributed by atoms with E-state index in [0.29, 0.717) is 4.47 Å². The SMILES string of the molecule is CCOC(=O)c1cc(N)cnc1Oc1ccc(Br)cc1F. The number of pyridine rings is 1. The maximum absolute atomic E-state index is 13.8. The Morgan fingerprint density at radius 3 is 2.86 bits per heavy atom. The Bertz CT molecular complexity index is 679. The third-order valence-electron chi connectivity index (χ3n) is 2.47. The molecule has 0 atom stereocenters. The van der Waals surface area contributed by atoms with Gasteiger partial charge in [0.05, 0.1) is 18.5 Å². The van der Waals surface area contributed by atoms with Crippen LogP contribution in [-0.2, 0) is 4.74 Å². The number of ether oxygens (including phenoxy) is 2. The molecule has 0 aliphatic rings. The molecule has 7 heteroatoms. The van der Waals surface area contributed by atoms with Crippen LogP contribution in [0, 0.1) is 5.82 Å². The second-order valence-electron chi connectivity index (χ2n) is 4.02. The van der Waals surface area contributed by atoms with Gasteiger partial charge in [0.15, 0.2) is 11.6 Å². The highest BCUT2D eigenvalue weighted by Crippen LogP contribution is 2.28. The third-order valence-corrected chi connectivity index (χ3v) is 2.96. The van der Waals surface area contributed by atoms with Crippen molar-refractivity contribution in [2.75, 3.05) is 12.3 Å². The van der Waals surface area contributed by atoms with E-state index in [-0.39, 0.29) is 29.5 Å². The zero-order chi connectivity index (χ0) is 15.4. The number of carbonyl (C=O) groups excluding carboxylic acids is 1. The molecular weight excluding hydrogens is 343 g/mol. The standard InChI is InChI=1S/C14H12BrFN2O3/c1-2-20-14(19)10-6-9(17)7-18-13(10)21-12-4-3-8(15)5-11(12)16/h3-7H,2,17H2,1H3. The summed E-state index contributed by atoms with van der Waals surface area (Å²) in [7, 11) is 0. The van der Waals surface area contributed by atoms with Crippen LogP contribution in [0.3, 0.4) is 0 Å². The smallest absolute Gasteiger partial charge is 0.343 e. The molecule has 0 saturated heterocycles. The second kappa shape index (κ2) is 6.53. The summed E-state index contributed by atoms with van der Waals surface area (Å²) in [6.07, 6.45) is 1.31. The van der Waals surface area contributed by atoms with E-state index in [1.807, 2.05) is 0 Å². The highest BCUT2D eigenvalue weighted by Gasteiger charge is 2.18. The summed E-state index contributed by atoms with van der Waals surface area (Å²) in [4.78, 5) is 15.8. The molecule has 5 nitrogen and oxygen atoms in total. The fourth-order valence-electron chi connectivity index (χ4n) is 1.57. The number of hydrogen-bond acceptors (Lipinski definition) is 5. The Balaban J connectivity index is 2.37. The lowest BCUT2D eigenvalue weighted by molar-refractivity contribution is 0.0522. The number of aromatic nitrogens is 1. The number of nitrogens with zero attached hydrogens (tertiary/aromatic N) is 1. The molecule has 0 aliphatic carbocycles. The number of esters is 1.